The highest BCUT2D eigenvalue weighted by Crippen LogP contribution is 2.33. The summed E-state index contributed by atoms with van der Waals surface area (Å²) in [6, 6.07) is 10.0. The van der Waals surface area contributed by atoms with Gasteiger partial charge in [-0.05, 0) is 18.2 Å². The molecule has 0 atom stereocenters. The number of thiazole rings is 1. The lowest BCUT2D eigenvalue weighted by atomic mass is 10.2. The number of para-hydroxylation sites is 1. The Morgan fingerprint density at radius 3 is 2.61 bits per heavy atom. The second-order valence-corrected chi connectivity index (χ2v) is 7.22. The number of rotatable bonds is 4. The van der Waals surface area contributed by atoms with E-state index in [-0.39, 0.29) is 11.7 Å². The first kappa shape index (κ1) is 20.5. The molecule has 0 radical (unpaired) electrons. The Balaban J connectivity index is 1.70. The van der Waals surface area contributed by atoms with Crippen LogP contribution >= 0.6 is 11.3 Å². The molecule has 0 saturated carbocycles. The number of halogens is 3. The molecular weight excluding hydrogens is 435 g/mol. The minimum absolute atomic E-state index is 0.123. The lowest BCUT2D eigenvalue weighted by molar-refractivity contribution is -0.143. The SMILES string of the molecule is COc1ccc(-n2ncc(C(=O)N/N=c3/sc4ccccc4n3C)c2C(F)(F)F)nn1. The highest BCUT2D eigenvalue weighted by Gasteiger charge is 2.41. The molecule has 13 heteroatoms. The number of fused-ring (bicyclic) bond motifs is 1. The maximum Gasteiger partial charge on any atom is 0.434 e. The first-order valence-corrected chi connectivity index (χ1v) is 9.53. The molecule has 3 aromatic heterocycles. The largest absolute Gasteiger partial charge is 0.480 e. The van der Waals surface area contributed by atoms with E-state index in [2.05, 4.69) is 25.8 Å². The standard InChI is InChI=1S/C18H14F3N7O2S/c1-27-11-5-3-4-6-12(11)31-17(27)26-25-16(29)10-9-22-28(15(10)18(19,20)21)13-7-8-14(30-2)24-23-13/h3-9H,1-2H3,(H,25,29)/b26-17+. The van der Waals surface area contributed by atoms with Gasteiger partial charge < -0.3 is 9.30 Å². The van der Waals surface area contributed by atoms with Gasteiger partial charge in [0.15, 0.2) is 11.5 Å². The van der Waals surface area contributed by atoms with Gasteiger partial charge in [-0.3, -0.25) is 4.79 Å². The van der Waals surface area contributed by atoms with Crippen LogP contribution in [0.2, 0.25) is 0 Å². The van der Waals surface area contributed by atoms with Gasteiger partial charge in [0, 0.05) is 13.1 Å². The number of carbonyl (C=O) groups excluding carboxylic acids is 1. The van der Waals surface area contributed by atoms with Gasteiger partial charge in [0.25, 0.3) is 5.91 Å². The van der Waals surface area contributed by atoms with Crippen molar-refractivity contribution in [2.45, 2.75) is 6.18 Å². The van der Waals surface area contributed by atoms with E-state index in [1.165, 1.54) is 30.6 Å². The van der Waals surface area contributed by atoms with Gasteiger partial charge in [-0.25, -0.2) is 10.1 Å². The molecule has 0 spiro atoms. The number of benzene rings is 1. The molecule has 0 fully saturated rings. The van der Waals surface area contributed by atoms with Gasteiger partial charge in [-0.15, -0.1) is 15.3 Å². The Morgan fingerprint density at radius 2 is 1.97 bits per heavy atom. The van der Waals surface area contributed by atoms with Crippen molar-refractivity contribution in [3.05, 3.63) is 58.7 Å². The van der Waals surface area contributed by atoms with E-state index in [9.17, 15) is 18.0 Å². The van der Waals surface area contributed by atoms with Crippen LogP contribution in [-0.4, -0.2) is 37.6 Å². The van der Waals surface area contributed by atoms with Crippen LogP contribution in [0.25, 0.3) is 16.0 Å². The minimum atomic E-state index is -4.88. The molecular formula is C18H14F3N7O2S. The van der Waals surface area contributed by atoms with Crippen LogP contribution in [0.4, 0.5) is 13.2 Å². The average Bonchev–Trinajstić information content (AvgIpc) is 3.34. The predicted octanol–water partition coefficient (Wildman–Crippen LogP) is 2.49. The van der Waals surface area contributed by atoms with Gasteiger partial charge in [-0.2, -0.15) is 18.3 Å². The van der Waals surface area contributed by atoms with Crippen molar-refractivity contribution in [2.24, 2.45) is 12.1 Å². The fourth-order valence-corrected chi connectivity index (χ4v) is 3.82. The van der Waals surface area contributed by atoms with E-state index in [1.807, 2.05) is 24.3 Å². The maximum absolute atomic E-state index is 13.8. The zero-order chi connectivity index (χ0) is 22.2. The number of amides is 1. The number of ether oxygens (including phenoxy) is 1. The van der Waals surface area contributed by atoms with Crippen LogP contribution in [0.3, 0.4) is 0 Å². The van der Waals surface area contributed by atoms with Gasteiger partial charge in [-0.1, -0.05) is 23.5 Å². The predicted molar refractivity (Wildman–Crippen MR) is 105 cm³/mol. The summed E-state index contributed by atoms with van der Waals surface area (Å²) >= 11 is 1.28. The number of alkyl halides is 3. The normalized spacial score (nSPS) is 12.4. The molecule has 0 aliphatic rings. The smallest absolute Gasteiger partial charge is 0.434 e. The fraction of sp³-hybridized carbons (Fsp3) is 0.167. The van der Waals surface area contributed by atoms with Crippen LogP contribution in [-0.2, 0) is 13.2 Å². The summed E-state index contributed by atoms with van der Waals surface area (Å²) in [6.45, 7) is 0. The van der Waals surface area contributed by atoms with E-state index in [0.717, 1.165) is 16.4 Å². The molecule has 0 unspecified atom stereocenters. The van der Waals surface area contributed by atoms with Crippen LogP contribution in [0.5, 0.6) is 5.88 Å². The van der Waals surface area contributed by atoms with Crippen molar-refractivity contribution in [1.82, 2.24) is 30.0 Å². The molecule has 0 aliphatic heterocycles. The summed E-state index contributed by atoms with van der Waals surface area (Å²) in [6.07, 6.45) is -4.07. The molecule has 1 N–H and O–H groups in total. The Kier molecular flexibility index (Phi) is 5.19. The second kappa shape index (κ2) is 7.83. The summed E-state index contributed by atoms with van der Waals surface area (Å²) in [5.74, 6) is -1.16. The summed E-state index contributed by atoms with van der Waals surface area (Å²) in [4.78, 5) is 13.0. The Morgan fingerprint density at radius 1 is 1.19 bits per heavy atom. The van der Waals surface area contributed by atoms with Crippen molar-refractivity contribution < 1.29 is 22.7 Å². The third kappa shape index (κ3) is 3.86. The Bertz CT molecular complexity index is 1320. The Hall–Kier alpha value is -3.74. The first-order chi connectivity index (χ1) is 14.8. The Labute approximate surface area is 176 Å². The quantitative estimate of drug-likeness (QED) is 0.483. The molecule has 31 heavy (non-hydrogen) atoms. The molecule has 4 aromatic rings. The molecule has 1 amide bonds. The van der Waals surface area contributed by atoms with Crippen LogP contribution < -0.4 is 15.0 Å². The molecule has 9 nitrogen and oxygen atoms in total. The van der Waals surface area contributed by atoms with Gasteiger partial charge in [0.05, 0.1) is 29.1 Å². The van der Waals surface area contributed by atoms with Crippen molar-refractivity contribution in [1.29, 1.82) is 0 Å². The summed E-state index contributed by atoms with van der Waals surface area (Å²) < 4.78 is 49.3. The molecule has 160 valence electrons. The van der Waals surface area contributed by atoms with Crippen molar-refractivity contribution in [3.63, 3.8) is 0 Å². The van der Waals surface area contributed by atoms with Crippen molar-refractivity contribution in [3.8, 4) is 11.7 Å². The molecule has 3 heterocycles. The second-order valence-electron chi connectivity index (χ2n) is 6.21. The van der Waals surface area contributed by atoms with E-state index < -0.39 is 23.3 Å². The van der Waals surface area contributed by atoms with Crippen LogP contribution in [0.15, 0.2) is 47.7 Å². The van der Waals surface area contributed by atoms with Gasteiger partial charge in [0.1, 0.15) is 0 Å². The zero-order valence-corrected chi connectivity index (χ0v) is 16.9. The minimum Gasteiger partial charge on any atom is -0.480 e. The van der Waals surface area contributed by atoms with E-state index in [4.69, 9.17) is 4.74 Å². The fourth-order valence-electron chi connectivity index (χ4n) is 2.84. The molecule has 0 aliphatic carbocycles. The van der Waals surface area contributed by atoms with Crippen molar-refractivity contribution >= 4 is 27.5 Å². The summed E-state index contributed by atoms with van der Waals surface area (Å²) in [5.41, 5.74) is 1.07. The molecule has 0 saturated heterocycles. The summed E-state index contributed by atoms with van der Waals surface area (Å²) in [5, 5.41) is 15.0. The van der Waals surface area contributed by atoms with Gasteiger partial charge in [0.2, 0.25) is 10.7 Å². The number of nitrogens with one attached hydrogen (secondary N) is 1. The van der Waals surface area contributed by atoms with Gasteiger partial charge >= 0.3 is 6.18 Å². The number of aromatic nitrogens is 5. The third-order valence-electron chi connectivity index (χ3n) is 4.30. The number of hydrogen-bond acceptors (Lipinski definition) is 7. The average molecular weight is 449 g/mol. The topological polar surface area (TPSA) is 99.2 Å². The number of hydrogen-bond donors (Lipinski definition) is 1. The third-order valence-corrected chi connectivity index (χ3v) is 5.42. The number of aryl methyl sites for hydroxylation is 1. The maximum atomic E-state index is 13.8. The lowest BCUT2D eigenvalue weighted by Crippen LogP contribution is -2.26. The van der Waals surface area contributed by atoms with E-state index >= 15 is 0 Å². The van der Waals surface area contributed by atoms with Crippen LogP contribution in [0.1, 0.15) is 16.1 Å². The van der Waals surface area contributed by atoms with Crippen molar-refractivity contribution in [2.75, 3.05) is 7.11 Å². The monoisotopic (exact) mass is 449 g/mol. The summed E-state index contributed by atoms with van der Waals surface area (Å²) in [7, 11) is 3.09. The number of nitrogens with zero attached hydrogens (tertiary/aromatic N) is 6. The highest BCUT2D eigenvalue weighted by atomic mass is 32.1. The highest BCUT2D eigenvalue weighted by molar-refractivity contribution is 7.16. The number of carbonyl (C=O) groups is 1. The van der Waals surface area contributed by atoms with E-state index in [1.54, 1.807) is 11.6 Å². The molecule has 0 bridgehead atoms. The number of methoxy groups -OCH3 is 1. The first-order valence-electron chi connectivity index (χ1n) is 8.71. The van der Waals surface area contributed by atoms with Crippen LogP contribution in [0, 0.1) is 0 Å². The molecule has 4 rings (SSSR count). The zero-order valence-electron chi connectivity index (χ0n) is 16.1. The molecule has 1 aromatic carbocycles. The van der Waals surface area contributed by atoms with E-state index in [0.29, 0.717) is 9.48 Å². The lowest BCUT2D eigenvalue weighted by Gasteiger charge is -2.11.